The Labute approximate surface area is 108 Å². The predicted octanol–water partition coefficient (Wildman–Crippen LogP) is 2.23. The number of hydrogen-bond donors (Lipinski definition) is 2. The van der Waals surface area contributed by atoms with E-state index in [9.17, 15) is 18.0 Å². The molecule has 0 spiro atoms. The SMILES string of the molecule is Cc1cc(C#CCO)ccc1NC(=O)CC(F)(F)F. The summed E-state index contributed by atoms with van der Waals surface area (Å²) < 4.78 is 36.0. The van der Waals surface area contributed by atoms with Crippen molar-refractivity contribution in [1.82, 2.24) is 0 Å². The van der Waals surface area contributed by atoms with Crippen molar-refractivity contribution in [2.45, 2.75) is 19.5 Å². The molecule has 0 unspecified atom stereocenters. The van der Waals surface area contributed by atoms with Gasteiger partial charge in [-0.1, -0.05) is 11.8 Å². The summed E-state index contributed by atoms with van der Waals surface area (Å²) in [6.45, 7) is 1.37. The third kappa shape index (κ3) is 5.44. The van der Waals surface area contributed by atoms with Crippen LogP contribution in [0.2, 0.25) is 0 Å². The summed E-state index contributed by atoms with van der Waals surface area (Å²) in [6, 6.07) is 4.65. The summed E-state index contributed by atoms with van der Waals surface area (Å²) in [6.07, 6.45) is -6.04. The molecule has 1 aromatic rings. The minimum absolute atomic E-state index is 0.275. The fourth-order valence-electron chi connectivity index (χ4n) is 1.40. The average molecular weight is 271 g/mol. The Hall–Kier alpha value is -2.00. The number of alkyl halides is 3. The molecule has 2 N–H and O–H groups in total. The second-order valence-electron chi connectivity index (χ2n) is 3.83. The number of halogens is 3. The van der Waals surface area contributed by atoms with Gasteiger partial charge in [0.05, 0.1) is 0 Å². The fourth-order valence-corrected chi connectivity index (χ4v) is 1.40. The van der Waals surface area contributed by atoms with Gasteiger partial charge in [0.25, 0.3) is 0 Å². The first kappa shape index (κ1) is 15.1. The van der Waals surface area contributed by atoms with E-state index >= 15 is 0 Å². The summed E-state index contributed by atoms with van der Waals surface area (Å²) in [5, 5.41) is 10.7. The van der Waals surface area contributed by atoms with E-state index in [0.717, 1.165) is 0 Å². The largest absolute Gasteiger partial charge is 0.397 e. The molecule has 0 saturated carbocycles. The van der Waals surface area contributed by atoms with Gasteiger partial charge in [-0.25, -0.2) is 0 Å². The van der Waals surface area contributed by atoms with Crippen molar-refractivity contribution >= 4 is 11.6 Å². The van der Waals surface area contributed by atoms with Crippen molar-refractivity contribution in [3.8, 4) is 11.8 Å². The van der Waals surface area contributed by atoms with E-state index < -0.39 is 18.5 Å². The zero-order chi connectivity index (χ0) is 14.5. The average Bonchev–Trinajstić information content (AvgIpc) is 2.27. The van der Waals surface area contributed by atoms with E-state index in [2.05, 4.69) is 17.2 Å². The molecule has 0 saturated heterocycles. The molecule has 0 atom stereocenters. The van der Waals surface area contributed by atoms with Gasteiger partial charge in [0, 0.05) is 11.3 Å². The second kappa shape index (κ2) is 6.25. The van der Waals surface area contributed by atoms with Gasteiger partial charge in [0.1, 0.15) is 13.0 Å². The van der Waals surface area contributed by atoms with Crippen LogP contribution in [0.25, 0.3) is 0 Å². The Morgan fingerprint density at radius 3 is 2.63 bits per heavy atom. The van der Waals surface area contributed by atoms with Gasteiger partial charge in [0.2, 0.25) is 5.91 Å². The van der Waals surface area contributed by atoms with Crippen molar-refractivity contribution in [2.75, 3.05) is 11.9 Å². The number of amides is 1. The van der Waals surface area contributed by atoms with Gasteiger partial charge in [-0.2, -0.15) is 13.2 Å². The molecule has 1 rings (SSSR count). The smallest absolute Gasteiger partial charge is 0.384 e. The van der Waals surface area contributed by atoms with E-state index in [-0.39, 0.29) is 6.61 Å². The van der Waals surface area contributed by atoms with E-state index in [1.165, 1.54) is 6.07 Å². The number of aryl methyl sites for hydroxylation is 1. The molecule has 0 radical (unpaired) electrons. The van der Waals surface area contributed by atoms with Crippen LogP contribution in [0.5, 0.6) is 0 Å². The van der Waals surface area contributed by atoms with Crippen LogP contribution in [0.1, 0.15) is 17.5 Å². The maximum atomic E-state index is 12.0. The topological polar surface area (TPSA) is 49.3 Å². The molecular formula is C13H12F3NO2. The molecule has 0 heterocycles. The van der Waals surface area contributed by atoms with Crippen molar-refractivity contribution < 1.29 is 23.1 Å². The Morgan fingerprint density at radius 2 is 2.11 bits per heavy atom. The molecule has 0 fully saturated rings. The van der Waals surface area contributed by atoms with Crippen LogP contribution in [-0.2, 0) is 4.79 Å². The molecule has 1 aromatic carbocycles. The van der Waals surface area contributed by atoms with Gasteiger partial charge in [0.15, 0.2) is 0 Å². The normalized spacial score (nSPS) is 10.6. The number of aliphatic hydroxyl groups excluding tert-OH is 1. The molecule has 19 heavy (non-hydrogen) atoms. The highest BCUT2D eigenvalue weighted by atomic mass is 19.4. The quantitative estimate of drug-likeness (QED) is 0.810. The third-order valence-corrected chi connectivity index (χ3v) is 2.17. The summed E-state index contributed by atoms with van der Waals surface area (Å²) in [7, 11) is 0. The number of nitrogens with one attached hydrogen (secondary N) is 1. The van der Waals surface area contributed by atoms with Gasteiger partial charge in [-0.3, -0.25) is 4.79 Å². The van der Waals surface area contributed by atoms with E-state index in [1.807, 2.05) is 0 Å². The Balaban J connectivity index is 2.78. The summed E-state index contributed by atoms with van der Waals surface area (Å²) in [4.78, 5) is 11.1. The number of anilines is 1. The molecule has 1 amide bonds. The first-order chi connectivity index (χ1) is 8.81. The van der Waals surface area contributed by atoms with Crippen LogP contribution >= 0.6 is 0 Å². The van der Waals surface area contributed by atoms with Gasteiger partial charge in [-0.15, -0.1) is 0 Å². The number of carbonyl (C=O) groups is 1. The maximum Gasteiger partial charge on any atom is 0.397 e. The van der Waals surface area contributed by atoms with E-state index in [4.69, 9.17) is 5.11 Å². The molecule has 0 aromatic heterocycles. The van der Waals surface area contributed by atoms with Crippen molar-refractivity contribution in [3.05, 3.63) is 29.3 Å². The van der Waals surface area contributed by atoms with Crippen molar-refractivity contribution in [2.24, 2.45) is 0 Å². The molecule has 102 valence electrons. The maximum absolute atomic E-state index is 12.0. The lowest BCUT2D eigenvalue weighted by Crippen LogP contribution is -2.21. The number of carbonyl (C=O) groups excluding carboxylic acids is 1. The lowest BCUT2D eigenvalue weighted by molar-refractivity contribution is -0.150. The van der Waals surface area contributed by atoms with Crippen molar-refractivity contribution in [3.63, 3.8) is 0 Å². The zero-order valence-corrected chi connectivity index (χ0v) is 10.1. The highest BCUT2D eigenvalue weighted by molar-refractivity contribution is 5.91. The highest BCUT2D eigenvalue weighted by Crippen LogP contribution is 2.22. The summed E-state index contributed by atoms with van der Waals surface area (Å²) in [5.41, 5.74) is 1.52. The molecular weight excluding hydrogens is 259 g/mol. The first-order valence-electron chi connectivity index (χ1n) is 5.39. The number of rotatable bonds is 2. The van der Waals surface area contributed by atoms with Crippen LogP contribution < -0.4 is 5.32 Å². The Bertz CT molecular complexity index is 527. The monoisotopic (exact) mass is 271 g/mol. The van der Waals surface area contributed by atoms with E-state index in [0.29, 0.717) is 16.8 Å². The molecule has 0 aliphatic carbocycles. The van der Waals surface area contributed by atoms with Crippen LogP contribution in [0.4, 0.5) is 18.9 Å². The standard InChI is InChI=1S/C13H12F3NO2/c1-9-7-10(3-2-6-18)4-5-11(9)17-12(19)8-13(14,15)16/h4-5,7,18H,6,8H2,1H3,(H,17,19). The molecule has 6 heteroatoms. The van der Waals surface area contributed by atoms with E-state index in [1.54, 1.807) is 19.1 Å². The predicted molar refractivity (Wildman–Crippen MR) is 64.4 cm³/mol. The van der Waals surface area contributed by atoms with Crippen LogP contribution in [-0.4, -0.2) is 23.8 Å². The van der Waals surface area contributed by atoms with Gasteiger partial charge < -0.3 is 10.4 Å². The van der Waals surface area contributed by atoms with Gasteiger partial charge in [-0.05, 0) is 30.7 Å². The summed E-state index contributed by atoms with van der Waals surface area (Å²) in [5.74, 6) is 4.01. The second-order valence-corrected chi connectivity index (χ2v) is 3.83. The van der Waals surface area contributed by atoms with Crippen LogP contribution in [0.15, 0.2) is 18.2 Å². The van der Waals surface area contributed by atoms with Gasteiger partial charge >= 0.3 is 6.18 Å². The van der Waals surface area contributed by atoms with Crippen molar-refractivity contribution in [1.29, 1.82) is 0 Å². The molecule has 0 bridgehead atoms. The lowest BCUT2D eigenvalue weighted by Gasteiger charge is -2.10. The zero-order valence-electron chi connectivity index (χ0n) is 10.1. The Kier molecular flexibility index (Phi) is 4.95. The number of aliphatic hydroxyl groups is 1. The molecule has 0 aliphatic heterocycles. The van der Waals surface area contributed by atoms with Crippen LogP contribution in [0, 0.1) is 18.8 Å². The minimum atomic E-state index is -4.52. The molecule has 3 nitrogen and oxygen atoms in total. The summed E-state index contributed by atoms with van der Waals surface area (Å²) >= 11 is 0. The Morgan fingerprint density at radius 1 is 1.42 bits per heavy atom. The third-order valence-electron chi connectivity index (χ3n) is 2.17. The number of benzene rings is 1. The molecule has 0 aliphatic rings. The highest BCUT2D eigenvalue weighted by Gasteiger charge is 2.31. The lowest BCUT2D eigenvalue weighted by atomic mass is 10.1. The first-order valence-corrected chi connectivity index (χ1v) is 5.39. The number of hydrogen-bond acceptors (Lipinski definition) is 2. The van der Waals surface area contributed by atoms with Crippen LogP contribution in [0.3, 0.4) is 0 Å². The minimum Gasteiger partial charge on any atom is -0.384 e. The fraction of sp³-hybridized carbons (Fsp3) is 0.308.